The molecule has 1 amide bonds. The van der Waals surface area contributed by atoms with Crippen molar-refractivity contribution >= 4 is 11.9 Å². The number of methoxy groups -OCH3 is 1. The van der Waals surface area contributed by atoms with Gasteiger partial charge in [0.25, 0.3) is 0 Å². The van der Waals surface area contributed by atoms with E-state index in [-0.39, 0.29) is 17.9 Å². The van der Waals surface area contributed by atoms with Gasteiger partial charge in [-0.05, 0) is 30.7 Å². The van der Waals surface area contributed by atoms with Crippen molar-refractivity contribution in [2.75, 3.05) is 20.3 Å². The van der Waals surface area contributed by atoms with Crippen LogP contribution in [0.25, 0.3) is 0 Å². The third-order valence-electron chi connectivity index (χ3n) is 7.03. The lowest BCUT2D eigenvalue weighted by molar-refractivity contribution is -0.160. The van der Waals surface area contributed by atoms with E-state index in [0.717, 1.165) is 37.7 Å². The minimum atomic E-state index is -0.818. The van der Waals surface area contributed by atoms with E-state index in [9.17, 15) is 9.59 Å². The molecule has 2 aliphatic heterocycles. The first-order chi connectivity index (χ1) is 16.1. The summed E-state index contributed by atoms with van der Waals surface area (Å²) < 4.78 is 22.9. The molecular formula is C25H36N2O6. The number of carbonyl (C=O) groups is 2. The third kappa shape index (κ3) is 5.74. The summed E-state index contributed by atoms with van der Waals surface area (Å²) in [5, 5.41) is 0. The lowest BCUT2D eigenvalue weighted by atomic mass is 9.83. The Morgan fingerprint density at radius 3 is 2.64 bits per heavy atom. The molecule has 3 fully saturated rings. The molecule has 2 saturated heterocycles. The Labute approximate surface area is 195 Å². The number of hydrogen-bond acceptors (Lipinski definition) is 7. The minimum Gasteiger partial charge on any atom is -0.467 e. The largest absolute Gasteiger partial charge is 0.467 e. The molecule has 0 radical (unpaired) electrons. The highest BCUT2D eigenvalue weighted by Gasteiger charge is 2.55. The molecule has 1 aromatic rings. The van der Waals surface area contributed by atoms with Gasteiger partial charge in [-0.15, -0.1) is 0 Å². The first-order valence-corrected chi connectivity index (χ1v) is 12.1. The Hall–Kier alpha value is -2.00. The van der Waals surface area contributed by atoms with E-state index in [0.29, 0.717) is 26.2 Å². The van der Waals surface area contributed by atoms with Crippen molar-refractivity contribution < 1.29 is 28.5 Å². The second-order valence-electron chi connectivity index (χ2n) is 9.27. The number of esters is 1. The van der Waals surface area contributed by atoms with Gasteiger partial charge in [0.1, 0.15) is 12.2 Å². The van der Waals surface area contributed by atoms with Crippen LogP contribution in [0.3, 0.4) is 0 Å². The number of amides is 1. The summed E-state index contributed by atoms with van der Waals surface area (Å²) in [5.41, 5.74) is 7.49. The maximum atomic E-state index is 13.2. The molecule has 1 aromatic carbocycles. The Morgan fingerprint density at radius 2 is 1.91 bits per heavy atom. The zero-order chi connectivity index (χ0) is 23.2. The third-order valence-corrected chi connectivity index (χ3v) is 7.03. The molecule has 3 aliphatic rings. The van der Waals surface area contributed by atoms with Gasteiger partial charge in [-0.3, -0.25) is 4.79 Å². The van der Waals surface area contributed by atoms with Crippen molar-refractivity contribution in [3.8, 4) is 0 Å². The predicted octanol–water partition coefficient (Wildman–Crippen LogP) is 2.38. The number of likely N-dealkylation sites (tertiary alicyclic amines) is 1. The van der Waals surface area contributed by atoms with Gasteiger partial charge < -0.3 is 29.6 Å². The molecule has 33 heavy (non-hydrogen) atoms. The van der Waals surface area contributed by atoms with Crippen molar-refractivity contribution in [1.82, 2.24) is 4.90 Å². The summed E-state index contributed by atoms with van der Waals surface area (Å²) in [4.78, 5) is 27.3. The van der Waals surface area contributed by atoms with Crippen LogP contribution in [0.5, 0.6) is 0 Å². The smallest absolute Gasteiger partial charge is 0.331 e. The molecule has 1 aliphatic carbocycles. The second-order valence-corrected chi connectivity index (χ2v) is 9.27. The van der Waals surface area contributed by atoms with Crippen LogP contribution in [0.4, 0.5) is 0 Å². The van der Waals surface area contributed by atoms with Gasteiger partial charge in [0, 0.05) is 13.0 Å². The average Bonchev–Trinajstić information content (AvgIpc) is 3.41. The summed E-state index contributed by atoms with van der Waals surface area (Å²) in [5.74, 6) is -0.526. The maximum Gasteiger partial charge on any atom is 0.331 e. The van der Waals surface area contributed by atoms with Gasteiger partial charge in [-0.25, -0.2) is 4.79 Å². The van der Waals surface area contributed by atoms with Crippen LogP contribution < -0.4 is 5.73 Å². The summed E-state index contributed by atoms with van der Waals surface area (Å²) in [6.45, 7) is 1.46. The summed E-state index contributed by atoms with van der Waals surface area (Å²) >= 11 is 0. The van der Waals surface area contributed by atoms with Crippen molar-refractivity contribution in [1.29, 1.82) is 0 Å². The van der Waals surface area contributed by atoms with Crippen LogP contribution in [-0.4, -0.2) is 67.6 Å². The highest BCUT2D eigenvalue weighted by atomic mass is 16.7. The number of fused-ring (bicyclic) bond motifs is 1. The molecule has 1 saturated carbocycles. The van der Waals surface area contributed by atoms with Gasteiger partial charge >= 0.3 is 5.97 Å². The van der Waals surface area contributed by atoms with Crippen molar-refractivity contribution in [2.45, 2.75) is 82.1 Å². The fraction of sp³-hybridized carbons (Fsp3) is 0.680. The van der Waals surface area contributed by atoms with E-state index in [2.05, 4.69) is 0 Å². The summed E-state index contributed by atoms with van der Waals surface area (Å²) in [6.07, 6.45) is 5.42. The number of nitrogens with two attached hydrogens (primary N) is 1. The quantitative estimate of drug-likeness (QED) is 0.446. The van der Waals surface area contributed by atoms with E-state index < -0.39 is 30.4 Å². The van der Waals surface area contributed by atoms with Gasteiger partial charge in [0.2, 0.25) is 5.91 Å². The predicted molar refractivity (Wildman–Crippen MR) is 121 cm³/mol. The Morgan fingerprint density at radius 1 is 1.15 bits per heavy atom. The lowest BCUT2D eigenvalue weighted by Gasteiger charge is -2.32. The summed E-state index contributed by atoms with van der Waals surface area (Å²) in [6, 6.07) is 8.61. The zero-order valence-electron chi connectivity index (χ0n) is 19.4. The topological polar surface area (TPSA) is 100 Å². The van der Waals surface area contributed by atoms with E-state index >= 15 is 0 Å². The van der Waals surface area contributed by atoms with E-state index in [1.807, 2.05) is 30.3 Å². The molecule has 182 valence electrons. The Bertz CT molecular complexity index is 784. The molecule has 0 bridgehead atoms. The van der Waals surface area contributed by atoms with Gasteiger partial charge in [0.15, 0.2) is 12.3 Å². The monoisotopic (exact) mass is 460 g/mol. The highest BCUT2D eigenvalue weighted by Crippen LogP contribution is 2.35. The number of rotatable bonds is 9. The van der Waals surface area contributed by atoms with Crippen LogP contribution in [-0.2, 0) is 35.1 Å². The Balaban J connectivity index is 1.27. The van der Waals surface area contributed by atoms with Gasteiger partial charge in [-0.1, -0.05) is 49.6 Å². The normalized spacial score (nSPS) is 28.5. The number of ether oxygens (including phenoxy) is 4. The lowest BCUT2D eigenvalue weighted by Crippen LogP contribution is -2.54. The van der Waals surface area contributed by atoms with Gasteiger partial charge in [0.05, 0.1) is 26.3 Å². The van der Waals surface area contributed by atoms with E-state index in [1.165, 1.54) is 18.4 Å². The van der Waals surface area contributed by atoms with Gasteiger partial charge in [-0.2, -0.15) is 0 Å². The first kappa shape index (κ1) is 24.1. The number of benzene rings is 1. The van der Waals surface area contributed by atoms with Crippen molar-refractivity contribution in [2.24, 2.45) is 11.7 Å². The number of nitrogens with zero attached hydrogens (tertiary/aromatic N) is 1. The highest BCUT2D eigenvalue weighted by molar-refractivity contribution is 5.89. The van der Waals surface area contributed by atoms with E-state index in [4.69, 9.17) is 24.7 Å². The fourth-order valence-electron chi connectivity index (χ4n) is 5.22. The molecule has 5 unspecified atom stereocenters. The zero-order valence-corrected chi connectivity index (χ0v) is 19.4. The SMILES string of the molecule is COC(=O)C1C2OC(CCCOCc3ccccc3)OC2CN1C(=O)C(N)C1CCCCC1. The molecule has 8 heteroatoms. The fourth-order valence-corrected chi connectivity index (χ4v) is 5.22. The van der Waals surface area contributed by atoms with Crippen LogP contribution >= 0.6 is 0 Å². The molecular weight excluding hydrogens is 424 g/mol. The molecule has 4 rings (SSSR count). The summed E-state index contributed by atoms with van der Waals surface area (Å²) in [7, 11) is 1.33. The average molecular weight is 461 g/mol. The van der Waals surface area contributed by atoms with Crippen LogP contribution in [0, 0.1) is 5.92 Å². The number of hydrogen-bond donors (Lipinski definition) is 1. The second kappa shape index (κ2) is 11.4. The van der Waals surface area contributed by atoms with Crippen molar-refractivity contribution in [3.05, 3.63) is 35.9 Å². The molecule has 8 nitrogen and oxygen atoms in total. The first-order valence-electron chi connectivity index (χ1n) is 12.1. The minimum absolute atomic E-state index is 0.162. The van der Waals surface area contributed by atoms with Crippen LogP contribution in [0.2, 0.25) is 0 Å². The van der Waals surface area contributed by atoms with Crippen LogP contribution in [0.15, 0.2) is 30.3 Å². The Kier molecular flexibility index (Phi) is 8.35. The molecule has 0 spiro atoms. The molecule has 2 heterocycles. The van der Waals surface area contributed by atoms with E-state index in [1.54, 1.807) is 0 Å². The standard InChI is InChI=1S/C25H36N2O6/c1-30-25(29)22-23-19(15-27(22)24(28)21(26)18-11-6-3-7-12-18)32-20(33-23)13-8-14-31-16-17-9-4-2-5-10-17/h2,4-5,9-10,18-23H,3,6-8,11-16,26H2,1H3. The molecule has 2 N–H and O–H groups in total. The van der Waals surface area contributed by atoms with Crippen LogP contribution in [0.1, 0.15) is 50.5 Å². The molecule has 0 aromatic heterocycles. The maximum absolute atomic E-state index is 13.2. The molecule has 5 atom stereocenters. The number of carbonyl (C=O) groups excluding carboxylic acids is 2. The van der Waals surface area contributed by atoms with Crippen molar-refractivity contribution in [3.63, 3.8) is 0 Å².